The first kappa shape index (κ1) is 20.3. The van der Waals surface area contributed by atoms with Crippen LogP contribution in [-0.4, -0.2) is 42.8 Å². The number of carbonyl (C=O) groups excluding carboxylic acids is 1. The van der Waals surface area contributed by atoms with Crippen molar-refractivity contribution >= 4 is 6.09 Å². The van der Waals surface area contributed by atoms with E-state index >= 15 is 0 Å². The van der Waals surface area contributed by atoms with Crippen molar-refractivity contribution in [2.75, 3.05) is 26.2 Å². The van der Waals surface area contributed by atoms with Gasteiger partial charge in [0.05, 0.1) is 0 Å². The highest BCUT2D eigenvalue weighted by Crippen LogP contribution is 2.21. The molecule has 1 amide bonds. The van der Waals surface area contributed by atoms with E-state index in [1.54, 1.807) is 0 Å². The quantitative estimate of drug-likeness (QED) is 0.597. The number of amides is 1. The number of unbranched alkanes of at least 4 members (excludes halogenated alkanes) is 5. The third-order valence-corrected chi connectivity index (χ3v) is 4.37. The largest absolute Gasteiger partial charge is 0.444 e. The molecule has 0 aromatic heterocycles. The van der Waals surface area contributed by atoms with Crippen molar-refractivity contribution in [2.45, 2.75) is 84.7 Å². The van der Waals surface area contributed by atoms with E-state index in [1.807, 2.05) is 25.7 Å². The smallest absolute Gasteiger partial charge is 0.410 e. The third-order valence-electron chi connectivity index (χ3n) is 4.37. The van der Waals surface area contributed by atoms with Gasteiger partial charge in [0.25, 0.3) is 0 Å². The second-order valence-corrected chi connectivity index (χ2v) is 7.89. The van der Waals surface area contributed by atoms with Crippen LogP contribution in [0.3, 0.4) is 0 Å². The zero-order valence-electron chi connectivity index (χ0n) is 15.8. The lowest BCUT2D eigenvalue weighted by Crippen LogP contribution is -2.35. The first-order valence-corrected chi connectivity index (χ1v) is 9.61. The summed E-state index contributed by atoms with van der Waals surface area (Å²) >= 11 is 0. The molecular formula is C19H38N2O2. The first-order valence-electron chi connectivity index (χ1n) is 9.61. The van der Waals surface area contributed by atoms with Crippen LogP contribution >= 0.6 is 0 Å². The predicted molar refractivity (Wildman–Crippen MR) is 96.8 cm³/mol. The van der Waals surface area contributed by atoms with E-state index < -0.39 is 5.60 Å². The van der Waals surface area contributed by atoms with Crippen LogP contribution in [0.1, 0.15) is 79.1 Å². The molecule has 1 aliphatic heterocycles. The summed E-state index contributed by atoms with van der Waals surface area (Å²) in [5, 5.41) is 3.55. The SMILES string of the molecule is CCCCCCCCNCCC1CCN(C(=O)OC(C)(C)C)C1. The normalized spacial score (nSPS) is 18.4. The van der Waals surface area contributed by atoms with Gasteiger partial charge in [0.2, 0.25) is 0 Å². The molecule has 136 valence electrons. The highest BCUT2D eigenvalue weighted by Gasteiger charge is 2.29. The number of nitrogens with zero attached hydrogens (tertiary/aromatic N) is 1. The van der Waals surface area contributed by atoms with Crippen LogP contribution in [0.25, 0.3) is 0 Å². The number of likely N-dealkylation sites (tertiary alicyclic amines) is 1. The van der Waals surface area contributed by atoms with Gasteiger partial charge in [0, 0.05) is 13.1 Å². The van der Waals surface area contributed by atoms with Crippen LogP contribution in [0.2, 0.25) is 0 Å². The Hall–Kier alpha value is -0.770. The topological polar surface area (TPSA) is 41.6 Å². The summed E-state index contributed by atoms with van der Waals surface area (Å²) in [6.07, 6.45) is 10.2. The maximum Gasteiger partial charge on any atom is 0.410 e. The Balaban J connectivity index is 2.00. The van der Waals surface area contributed by atoms with Gasteiger partial charge in [0.15, 0.2) is 0 Å². The fourth-order valence-corrected chi connectivity index (χ4v) is 3.02. The molecule has 0 aromatic carbocycles. The van der Waals surface area contributed by atoms with Gasteiger partial charge in [-0.2, -0.15) is 0 Å². The van der Waals surface area contributed by atoms with E-state index in [1.165, 1.54) is 38.5 Å². The van der Waals surface area contributed by atoms with Crippen LogP contribution in [0.4, 0.5) is 4.79 Å². The van der Waals surface area contributed by atoms with Crippen molar-refractivity contribution in [3.05, 3.63) is 0 Å². The second-order valence-electron chi connectivity index (χ2n) is 7.89. The Morgan fingerprint density at radius 1 is 1.13 bits per heavy atom. The van der Waals surface area contributed by atoms with Crippen molar-refractivity contribution < 1.29 is 9.53 Å². The minimum atomic E-state index is -0.395. The van der Waals surface area contributed by atoms with E-state index in [2.05, 4.69) is 12.2 Å². The maximum absolute atomic E-state index is 12.0. The molecule has 0 radical (unpaired) electrons. The van der Waals surface area contributed by atoms with Crippen molar-refractivity contribution in [2.24, 2.45) is 5.92 Å². The first-order chi connectivity index (χ1) is 10.9. The van der Waals surface area contributed by atoms with E-state index in [-0.39, 0.29) is 6.09 Å². The van der Waals surface area contributed by atoms with Gasteiger partial charge >= 0.3 is 6.09 Å². The molecule has 1 rings (SSSR count). The fraction of sp³-hybridized carbons (Fsp3) is 0.947. The zero-order chi connectivity index (χ0) is 17.1. The van der Waals surface area contributed by atoms with Gasteiger partial charge in [-0.15, -0.1) is 0 Å². The number of hydrogen-bond donors (Lipinski definition) is 1. The number of rotatable bonds is 10. The molecule has 0 aliphatic carbocycles. The Kier molecular flexibility index (Phi) is 9.61. The summed E-state index contributed by atoms with van der Waals surface area (Å²) in [6.45, 7) is 11.9. The van der Waals surface area contributed by atoms with Gasteiger partial charge in [-0.25, -0.2) is 4.79 Å². The second kappa shape index (κ2) is 10.9. The Labute approximate surface area is 143 Å². The molecule has 1 heterocycles. The van der Waals surface area contributed by atoms with E-state index in [0.717, 1.165) is 39.0 Å². The molecule has 1 aliphatic rings. The van der Waals surface area contributed by atoms with Crippen LogP contribution < -0.4 is 5.32 Å². The van der Waals surface area contributed by atoms with E-state index in [4.69, 9.17) is 4.74 Å². The van der Waals surface area contributed by atoms with Crippen LogP contribution in [0.5, 0.6) is 0 Å². The van der Waals surface area contributed by atoms with Gasteiger partial charge in [0.1, 0.15) is 5.60 Å². The standard InChI is InChI=1S/C19H38N2O2/c1-5-6-7-8-9-10-13-20-14-11-17-12-15-21(16-17)18(22)23-19(2,3)4/h17,20H,5-16H2,1-4H3. The molecule has 4 heteroatoms. The highest BCUT2D eigenvalue weighted by atomic mass is 16.6. The monoisotopic (exact) mass is 326 g/mol. The van der Waals surface area contributed by atoms with Gasteiger partial charge in [-0.05, 0) is 59.0 Å². The third kappa shape index (κ3) is 9.85. The molecule has 1 saturated heterocycles. The minimum absolute atomic E-state index is 0.153. The van der Waals surface area contributed by atoms with Crippen molar-refractivity contribution in [3.63, 3.8) is 0 Å². The molecule has 1 fully saturated rings. The number of hydrogen-bond acceptors (Lipinski definition) is 3. The Morgan fingerprint density at radius 2 is 1.83 bits per heavy atom. The molecule has 1 unspecified atom stereocenters. The summed E-state index contributed by atoms with van der Waals surface area (Å²) in [5.41, 5.74) is -0.395. The average molecular weight is 327 g/mol. The lowest BCUT2D eigenvalue weighted by molar-refractivity contribution is 0.0287. The van der Waals surface area contributed by atoms with E-state index in [9.17, 15) is 4.79 Å². The zero-order valence-corrected chi connectivity index (χ0v) is 15.8. The summed E-state index contributed by atoms with van der Waals surface area (Å²) < 4.78 is 5.44. The van der Waals surface area contributed by atoms with Gasteiger partial charge in [-0.3, -0.25) is 0 Å². The minimum Gasteiger partial charge on any atom is -0.444 e. The molecule has 0 saturated carbocycles. The predicted octanol–water partition coefficient (Wildman–Crippen LogP) is 4.58. The average Bonchev–Trinajstić information content (AvgIpc) is 2.93. The lowest BCUT2D eigenvalue weighted by atomic mass is 10.1. The summed E-state index contributed by atoms with van der Waals surface area (Å²) in [4.78, 5) is 13.9. The molecule has 23 heavy (non-hydrogen) atoms. The van der Waals surface area contributed by atoms with E-state index in [0.29, 0.717) is 5.92 Å². The number of nitrogens with one attached hydrogen (secondary N) is 1. The summed E-state index contributed by atoms with van der Waals surface area (Å²) in [5.74, 6) is 0.625. The molecule has 0 spiro atoms. The number of carbonyl (C=O) groups is 1. The molecular weight excluding hydrogens is 288 g/mol. The Bertz CT molecular complexity index is 326. The summed E-state index contributed by atoms with van der Waals surface area (Å²) in [7, 11) is 0. The van der Waals surface area contributed by atoms with Gasteiger partial charge in [-0.1, -0.05) is 39.0 Å². The van der Waals surface area contributed by atoms with Crippen molar-refractivity contribution in [1.82, 2.24) is 10.2 Å². The molecule has 0 bridgehead atoms. The van der Waals surface area contributed by atoms with Crippen LogP contribution in [0.15, 0.2) is 0 Å². The van der Waals surface area contributed by atoms with Gasteiger partial charge < -0.3 is 15.0 Å². The number of ether oxygens (including phenoxy) is 1. The van der Waals surface area contributed by atoms with Crippen LogP contribution in [0, 0.1) is 5.92 Å². The highest BCUT2D eigenvalue weighted by molar-refractivity contribution is 5.68. The van der Waals surface area contributed by atoms with Crippen molar-refractivity contribution in [3.8, 4) is 0 Å². The maximum atomic E-state index is 12.0. The Morgan fingerprint density at radius 3 is 2.52 bits per heavy atom. The molecule has 4 nitrogen and oxygen atoms in total. The lowest BCUT2D eigenvalue weighted by Gasteiger charge is -2.24. The molecule has 1 N–H and O–H groups in total. The van der Waals surface area contributed by atoms with Crippen LogP contribution in [-0.2, 0) is 4.74 Å². The molecule has 0 aromatic rings. The fourth-order valence-electron chi connectivity index (χ4n) is 3.02. The summed E-state index contributed by atoms with van der Waals surface area (Å²) in [6, 6.07) is 0. The molecule has 1 atom stereocenters. The van der Waals surface area contributed by atoms with Crippen molar-refractivity contribution in [1.29, 1.82) is 0 Å².